The van der Waals surface area contributed by atoms with Crippen LogP contribution in [0, 0.1) is 0 Å². The molecule has 0 saturated carbocycles. The zero-order chi connectivity index (χ0) is 22.2. The number of amides is 4. The van der Waals surface area contributed by atoms with E-state index in [0.717, 1.165) is 17.7 Å². The molecule has 31 heavy (non-hydrogen) atoms. The summed E-state index contributed by atoms with van der Waals surface area (Å²) in [7, 11) is 0. The quantitative estimate of drug-likeness (QED) is 0.687. The highest BCUT2D eigenvalue weighted by Crippen LogP contribution is 2.31. The molecular weight excluding hydrogens is 410 g/mol. The molecule has 4 amide bonds. The monoisotopic (exact) mass is 434 g/mol. The van der Waals surface area contributed by atoms with Crippen molar-refractivity contribution in [3.63, 3.8) is 0 Å². The third-order valence-corrected chi connectivity index (χ3v) is 5.86. The van der Waals surface area contributed by atoms with E-state index in [2.05, 4.69) is 10.6 Å². The van der Waals surface area contributed by atoms with Crippen molar-refractivity contribution in [3.8, 4) is 0 Å². The molecule has 0 aromatic heterocycles. The highest BCUT2D eigenvalue weighted by atomic mass is 19.3. The number of hydrogen-bond acceptors (Lipinski definition) is 6. The lowest BCUT2D eigenvalue weighted by Crippen LogP contribution is -2.54. The van der Waals surface area contributed by atoms with Crippen molar-refractivity contribution in [2.75, 3.05) is 26.2 Å². The summed E-state index contributed by atoms with van der Waals surface area (Å²) in [4.78, 5) is 52.3. The third kappa shape index (κ3) is 4.35. The number of nitrogens with zero attached hydrogens (tertiary/aromatic N) is 2. The second kappa shape index (κ2) is 8.43. The minimum atomic E-state index is -2.92. The molecule has 3 aliphatic rings. The molecule has 2 saturated heterocycles. The van der Waals surface area contributed by atoms with Crippen molar-refractivity contribution in [2.24, 2.45) is 0 Å². The van der Waals surface area contributed by atoms with E-state index in [1.165, 1.54) is 6.07 Å². The first-order valence-electron chi connectivity index (χ1n) is 10.4. The topological polar surface area (TPSA) is 98.8 Å². The van der Waals surface area contributed by atoms with Gasteiger partial charge in [0, 0.05) is 13.0 Å². The number of piperidine rings is 1. The Bertz CT molecular complexity index is 936. The zero-order valence-electron chi connectivity index (χ0n) is 17.0. The van der Waals surface area contributed by atoms with Gasteiger partial charge < -0.3 is 5.32 Å². The molecule has 1 unspecified atom stereocenters. The molecule has 2 N–H and O–H groups in total. The third-order valence-electron chi connectivity index (χ3n) is 5.86. The normalized spacial score (nSPS) is 25.0. The summed E-state index contributed by atoms with van der Waals surface area (Å²) in [6.07, 6.45) is 1.60. The van der Waals surface area contributed by atoms with Gasteiger partial charge in [0.15, 0.2) is 0 Å². The molecule has 166 valence electrons. The van der Waals surface area contributed by atoms with E-state index in [0.29, 0.717) is 18.7 Å². The predicted molar refractivity (Wildman–Crippen MR) is 105 cm³/mol. The number of imide groups is 2. The molecule has 0 bridgehead atoms. The van der Waals surface area contributed by atoms with Gasteiger partial charge in [-0.05, 0) is 44.0 Å². The maximum absolute atomic E-state index is 14.3. The van der Waals surface area contributed by atoms with Gasteiger partial charge in [-0.2, -0.15) is 0 Å². The number of hydrogen-bond donors (Lipinski definition) is 2. The van der Waals surface area contributed by atoms with E-state index in [1.807, 2.05) is 0 Å². The lowest BCUT2D eigenvalue weighted by Gasteiger charge is -2.28. The second-order valence-electron chi connectivity index (χ2n) is 8.24. The zero-order valence-corrected chi connectivity index (χ0v) is 17.0. The van der Waals surface area contributed by atoms with Gasteiger partial charge in [0.25, 0.3) is 17.7 Å². The lowest BCUT2D eigenvalue weighted by atomic mass is 10.0. The molecule has 3 heterocycles. The fourth-order valence-corrected chi connectivity index (χ4v) is 4.41. The largest absolute Gasteiger partial charge is 0.311 e. The first-order valence-corrected chi connectivity index (χ1v) is 10.4. The number of nitrogens with one attached hydrogen (secondary N) is 2. The van der Waals surface area contributed by atoms with Crippen LogP contribution in [0.2, 0.25) is 0 Å². The highest BCUT2D eigenvalue weighted by molar-refractivity contribution is 6.24. The number of carbonyl (C=O) groups excluding carboxylic acids is 4. The SMILES string of the molecule is O=C1CCC(N2C(=O)c3cccc(CN4CCCCNCC(F)(F)C4)c3C2=O)C(=O)N1. The minimum Gasteiger partial charge on any atom is -0.311 e. The van der Waals surface area contributed by atoms with E-state index in [-0.39, 0.29) is 30.5 Å². The van der Waals surface area contributed by atoms with Gasteiger partial charge >= 0.3 is 0 Å². The fraction of sp³-hybridized carbons (Fsp3) is 0.524. The van der Waals surface area contributed by atoms with Gasteiger partial charge in [-0.1, -0.05) is 12.1 Å². The van der Waals surface area contributed by atoms with E-state index < -0.39 is 48.7 Å². The van der Waals surface area contributed by atoms with E-state index >= 15 is 0 Å². The van der Waals surface area contributed by atoms with Crippen molar-refractivity contribution < 1.29 is 28.0 Å². The van der Waals surface area contributed by atoms with Crippen LogP contribution in [0.5, 0.6) is 0 Å². The van der Waals surface area contributed by atoms with Gasteiger partial charge in [0.1, 0.15) is 6.04 Å². The highest BCUT2D eigenvalue weighted by Gasteiger charge is 2.45. The van der Waals surface area contributed by atoms with Gasteiger partial charge in [0.2, 0.25) is 11.8 Å². The summed E-state index contributed by atoms with van der Waals surface area (Å²) in [5.74, 6) is -5.26. The van der Waals surface area contributed by atoms with Crippen LogP contribution in [0.15, 0.2) is 18.2 Å². The number of rotatable bonds is 3. The second-order valence-corrected chi connectivity index (χ2v) is 8.24. The van der Waals surface area contributed by atoms with Crippen LogP contribution in [0.3, 0.4) is 0 Å². The van der Waals surface area contributed by atoms with Crippen molar-refractivity contribution >= 4 is 23.6 Å². The number of carbonyl (C=O) groups is 4. The fourth-order valence-electron chi connectivity index (χ4n) is 4.41. The van der Waals surface area contributed by atoms with Crippen LogP contribution in [0.4, 0.5) is 8.78 Å². The standard InChI is InChI=1S/C21H24F2N4O4/c22-21(23)11-24-8-1-2-9-26(12-21)10-13-4-3-5-14-17(13)20(31)27(19(14)30)15-6-7-16(28)25-18(15)29/h3-5,15,24H,1-2,6-12H2,(H,25,28,29). The Morgan fingerprint density at radius 1 is 1.10 bits per heavy atom. The van der Waals surface area contributed by atoms with E-state index in [9.17, 15) is 28.0 Å². The summed E-state index contributed by atoms with van der Waals surface area (Å²) in [6.45, 7) is 0.207. The van der Waals surface area contributed by atoms with Crippen LogP contribution in [-0.4, -0.2) is 71.6 Å². The summed E-state index contributed by atoms with van der Waals surface area (Å²) < 4.78 is 28.5. The molecule has 0 spiro atoms. The maximum Gasteiger partial charge on any atom is 0.272 e. The van der Waals surface area contributed by atoms with Crippen molar-refractivity contribution in [3.05, 3.63) is 34.9 Å². The summed E-state index contributed by atoms with van der Waals surface area (Å²) >= 11 is 0. The van der Waals surface area contributed by atoms with Crippen LogP contribution >= 0.6 is 0 Å². The first kappa shape index (κ1) is 21.5. The Morgan fingerprint density at radius 3 is 2.68 bits per heavy atom. The van der Waals surface area contributed by atoms with Crippen molar-refractivity contribution in [1.29, 1.82) is 0 Å². The molecule has 10 heteroatoms. The average Bonchev–Trinajstić information content (AvgIpc) is 2.99. The van der Waals surface area contributed by atoms with Gasteiger partial charge in [-0.15, -0.1) is 0 Å². The van der Waals surface area contributed by atoms with Gasteiger partial charge in [-0.3, -0.25) is 34.3 Å². The van der Waals surface area contributed by atoms with Crippen LogP contribution in [0.25, 0.3) is 0 Å². The number of fused-ring (bicyclic) bond motifs is 1. The average molecular weight is 434 g/mol. The molecule has 2 fully saturated rings. The molecule has 1 atom stereocenters. The smallest absolute Gasteiger partial charge is 0.272 e. The molecule has 0 radical (unpaired) electrons. The van der Waals surface area contributed by atoms with Crippen molar-refractivity contribution in [1.82, 2.24) is 20.4 Å². The van der Waals surface area contributed by atoms with Gasteiger partial charge in [0.05, 0.1) is 24.2 Å². The molecule has 1 aromatic carbocycles. The Balaban J connectivity index is 1.59. The maximum atomic E-state index is 14.3. The first-order chi connectivity index (χ1) is 14.8. The van der Waals surface area contributed by atoms with E-state index in [4.69, 9.17) is 0 Å². The Kier molecular flexibility index (Phi) is 5.85. The van der Waals surface area contributed by atoms with E-state index in [1.54, 1.807) is 17.0 Å². The van der Waals surface area contributed by atoms with Crippen LogP contribution in [0.1, 0.15) is 52.0 Å². The summed E-state index contributed by atoms with van der Waals surface area (Å²) in [6, 6.07) is 3.71. The predicted octanol–water partition coefficient (Wildman–Crippen LogP) is 0.908. The molecule has 3 aliphatic heterocycles. The number of benzene rings is 1. The Labute approximate surface area is 177 Å². The molecule has 1 aromatic rings. The molecular formula is C21H24F2N4O4. The van der Waals surface area contributed by atoms with Gasteiger partial charge in [-0.25, -0.2) is 8.78 Å². The van der Waals surface area contributed by atoms with Crippen molar-refractivity contribution in [2.45, 2.75) is 44.2 Å². The summed E-state index contributed by atoms with van der Waals surface area (Å²) in [5.41, 5.74) is 0.789. The van der Waals surface area contributed by atoms with Crippen LogP contribution in [-0.2, 0) is 16.1 Å². The molecule has 8 nitrogen and oxygen atoms in total. The number of halogens is 2. The Hall–Kier alpha value is -2.72. The Morgan fingerprint density at radius 2 is 1.90 bits per heavy atom. The molecule has 4 rings (SSSR count). The van der Waals surface area contributed by atoms with Crippen LogP contribution < -0.4 is 10.6 Å². The molecule has 0 aliphatic carbocycles. The minimum absolute atomic E-state index is 0.0353. The summed E-state index contributed by atoms with van der Waals surface area (Å²) in [5, 5.41) is 4.92. The lowest BCUT2D eigenvalue weighted by molar-refractivity contribution is -0.136. The number of alkyl halides is 2.